The van der Waals surface area contributed by atoms with Crippen LogP contribution in [0.15, 0.2) is 48.5 Å². The monoisotopic (exact) mass is 339 g/mol. The molecule has 1 amide bonds. The zero-order chi connectivity index (χ0) is 17.7. The summed E-state index contributed by atoms with van der Waals surface area (Å²) in [5, 5.41) is 2.41. The number of nitrogens with one attached hydrogen (secondary N) is 1. The molecule has 0 radical (unpaired) electrons. The van der Waals surface area contributed by atoms with E-state index in [9.17, 15) is 18.0 Å². The molecule has 2 rings (SSSR count). The smallest absolute Gasteiger partial charge is 0.416 e. The van der Waals surface area contributed by atoms with E-state index in [0.717, 1.165) is 12.1 Å². The number of methoxy groups -OCH3 is 1. The van der Waals surface area contributed by atoms with Gasteiger partial charge in [-0.2, -0.15) is 13.2 Å². The van der Waals surface area contributed by atoms with Crippen LogP contribution in [0.2, 0.25) is 0 Å². The lowest BCUT2D eigenvalue weighted by Crippen LogP contribution is -2.30. The van der Waals surface area contributed by atoms with E-state index in [2.05, 4.69) is 5.32 Å². The van der Waals surface area contributed by atoms with Crippen LogP contribution >= 0.6 is 0 Å². The van der Waals surface area contributed by atoms with E-state index in [4.69, 9.17) is 9.47 Å². The second kappa shape index (κ2) is 7.25. The van der Waals surface area contributed by atoms with E-state index in [-0.39, 0.29) is 5.69 Å². The predicted molar refractivity (Wildman–Crippen MR) is 83.2 cm³/mol. The summed E-state index contributed by atoms with van der Waals surface area (Å²) in [5.41, 5.74) is -0.780. The largest absolute Gasteiger partial charge is 0.497 e. The van der Waals surface area contributed by atoms with E-state index in [1.54, 1.807) is 24.3 Å². The maximum absolute atomic E-state index is 12.7. The molecular formula is C17H16F3NO3. The highest BCUT2D eigenvalue weighted by molar-refractivity contribution is 5.94. The molecule has 0 aliphatic heterocycles. The van der Waals surface area contributed by atoms with Gasteiger partial charge in [0.25, 0.3) is 5.91 Å². The first-order valence-corrected chi connectivity index (χ1v) is 7.08. The van der Waals surface area contributed by atoms with Crippen molar-refractivity contribution in [3.63, 3.8) is 0 Å². The van der Waals surface area contributed by atoms with Crippen LogP contribution in [0, 0.1) is 0 Å². The van der Waals surface area contributed by atoms with Crippen molar-refractivity contribution in [1.82, 2.24) is 0 Å². The van der Waals surface area contributed by atoms with Crippen molar-refractivity contribution in [2.75, 3.05) is 12.4 Å². The molecule has 0 saturated heterocycles. The number of halogens is 3. The number of rotatable bonds is 5. The van der Waals surface area contributed by atoms with Crippen LogP contribution in [0.1, 0.15) is 12.5 Å². The standard InChI is InChI=1S/C17H16F3NO3/c1-11(24-15-8-4-7-14(10-15)23-2)16(22)21-13-6-3-5-12(9-13)17(18,19)20/h3-11H,1-2H3,(H,21,22)/t11-/m0/s1. The van der Waals surface area contributed by atoms with Gasteiger partial charge in [0.15, 0.2) is 6.10 Å². The minimum absolute atomic E-state index is 0.0518. The van der Waals surface area contributed by atoms with Gasteiger partial charge in [-0.05, 0) is 37.3 Å². The molecular weight excluding hydrogens is 323 g/mol. The molecule has 24 heavy (non-hydrogen) atoms. The summed E-state index contributed by atoms with van der Waals surface area (Å²) in [4.78, 5) is 12.1. The van der Waals surface area contributed by atoms with E-state index in [1.807, 2.05) is 0 Å². The van der Waals surface area contributed by atoms with Crippen molar-refractivity contribution >= 4 is 11.6 Å². The summed E-state index contributed by atoms with van der Waals surface area (Å²) in [6, 6.07) is 11.1. The molecule has 0 bridgehead atoms. The highest BCUT2D eigenvalue weighted by Crippen LogP contribution is 2.30. The highest BCUT2D eigenvalue weighted by Gasteiger charge is 2.30. The first kappa shape index (κ1) is 17.7. The highest BCUT2D eigenvalue weighted by atomic mass is 19.4. The van der Waals surface area contributed by atoms with Crippen LogP contribution < -0.4 is 14.8 Å². The van der Waals surface area contributed by atoms with E-state index in [0.29, 0.717) is 11.5 Å². The van der Waals surface area contributed by atoms with Crippen molar-refractivity contribution in [2.24, 2.45) is 0 Å². The Morgan fingerprint density at radius 1 is 1.08 bits per heavy atom. The van der Waals surface area contributed by atoms with Gasteiger partial charge in [-0.15, -0.1) is 0 Å². The van der Waals surface area contributed by atoms with Crippen molar-refractivity contribution in [1.29, 1.82) is 0 Å². The van der Waals surface area contributed by atoms with Gasteiger partial charge < -0.3 is 14.8 Å². The number of anilines is 1. The normalized spacial score (nSPS) is 12.4. The SMILES string of the molecule is COc1cccc(O[C@@H](C)C(=O)Nc2cccc(C(F)(F)F)c2)c1. The van der Waals surface area contributed by atoms with Crippen molar-refractivity contribution in [3.05, 3.63) is 54.1 Å². The average Bonchev–Trinajstić information content (AvgIpc) is 2.54. The van der Waals surface area contributed by atoms with E-state index < -0.39 is 23.8 Å². The number of benzene rings is 2. The van der Waals surface area contributed by atoms with Gasteiger partial charge in [0.1, 0.15) is 11.5 Å². The van der Waals surface area contributed by atoms with Gasteiger partial charge in [0.05, 0.1) is 12.7 Å². The van der Waals surface area contributed by atoms with Gasteiger partial charge in [-0.25, -0.2) is 0 Å². The fraction of sp³-hybridized carbons (Fsp3) is 0.235. The Balaban J connectivity index is 2.03. The van der Waals surface area contributed by atoms with E-state index in [1.165, 1.54) is 26.2 Å². The van der Waals surface area contributed by atoms with E-state index >= 15 is 0 Å². The molecule has 0 unspecified atom stereocenters. The van der Waals surface area contributed by atoms with Crippen molar-refractivity contribution in [3.8, 4) is 11.5 Å². The molecule has 2 aromatic carbocycles. The number of ether oxygens (including phenoxy) is 2. The molecule has 0 spiro atoms. The summed E-state index contributed by atoms with van der Waals surface area (Å²) in [7, 11) is 1.50. The van der Waals surface area contributed by atoms with Crippen molar-refractivity contribution < 1.29 is 27.4 Å². The molecule has 0 fully saturated rings. The minimum atomic E-state index is -4.47. The van der Waals surface area contributed by atoms with Gasteiger partial charge in [-0.1, -0.05) is 12.1 Å². The Bertz CT molecular complexity index is 716. The van der Waals surface area contributed by atoms with Gasteiger partial charge >= 0.3 is 6.18 Å². The molecule has 2 aromatic rings. The summed E-state index contributed by atoms with van der Waals surface area (Å²) < 4.78 is 48.5. The molecule has 0 saturated carbocycles. The zero-order valence-corrected chi connectivity index (χ0v) is 13.1. The molecule has 0 heterocycles. The maximum atomic E-state index is 12.7. The Morgan fingerprint density at radius 2 is 1.75 bits per heavy atom. The van der Waals surface area contributed by atoms with Gasteiger partial charge in [0.2, 0.25) is 0 Å². The van der Waals surface area contributed by atoms with Crippen LogP contribution in [-0.2, 0) is 11.0 Å². The fourth-order valence-corrected chi connectivity index (χ4v) is 1.95. The van der Waals surface area contributed by atoms with Crippen LogP contribution in [0.3, 0.4) is 0 Å². The van der Waals surface area contributed by atoms with Crippen LogP contribution in [0.4, 0.5) is 18.9 Å². The summed E-state index contributed by atoms with van der Waals surface area (Å²) in [5.74, 6) is 0.427. The van der Waals surface area contributed by atoms with Crippen molar-refractivity contribution in [2.45, 2.75) is 19.2 Å². The quantitative estimate of drug-likeness (QED) is 0.891. The molecule has 4 nitrogen and oxygen atoms in total. The summed E-state index contributed by atoms with van der Waals surface area (Å²) in [6.45, 7) is 1.50. The lowest BCUT2D eigenvalue weighted by Gasteiger charge is -2.16. The molecule has 1 atom stereocenters. The second-order valence-electron chi connectivity index (χ2n) is 5.01. The Morgan fingerprint density at radius 3 is 2.42 bits per heavy atom. The number of amides is 1. The fourth-order valence-electron chi connectivity index (χ4n) is 1.95. The summed E-state index contributed by atoms with van der Waals surface area (Å²) in [6.07, 6.45) is -5.37. The van der Waals surface area contributed by atoms with Gasteiger partial charge in [-0.3, -0.25) is 4.79 Å². The number of carbonyl (C=O) groups is 1. The maximum Gasteiger partial charge on any atom is 0.416 e. The molecule has 0 aliphatic rings. The average molecular weight is 339 g/mol. The second-order valence-corrected chi connectivity index (χ2v) is 5.01. The third kappa shape index (κ3) is 4.65. The lowest BCUT2D eigenvalue weighted by atomic mass is 10.2. The first-order chi connectivity index (χ1) is 11.3. The molecule has 0 aromatic heterocycles. The number of carbonyl (C=O) groups excluding carboxylic acids is 1. The molecule has 0 aliphatic carbocycles. The van der Waals surface area contributed by atoms with Crippen LogP contribution in [0.5, 0.6) is 11.5 Å². The number of alkyl halides is 3. The molecule has 1 N–H and O–H groups in total. The number of hydrogen-bond acceptors (Lipinski definition) is 3. The third-order valence-corrected chi connectivity index (χ3v) is 3.18. The van der Waals surface area contributed by atoms with Gasteiger partial charge in [0, 0.05) is 11.8 Å². The molecule has 7 heteroatoms. The predicted octanol–water partition coefficient (Wildman–Crippen LogP) is 4.12. The first-order valence-electron chi connectivity index (χ1n) is 7.08. The van der Waals surface area contributed by atoms with Crippen LogP contribution in [-0.4, -0.2) is 19.1 Å². The Hall–Kier alpha value is -2.70. The summed E-state index contributed by atoms with van der Waals surface area (Å²) >= 11 is 0. The molecule has 128 valence electrons. The Kier molecular flexibility index (Phi) is 5.33. The Labute approximate surface area is 137 Å². The lowest BCUT2D eigenvalue weighted by molar-refractivity contribution is -0.137. The topological polar surface area (TPSA) is 47.6 Å². The minimum Gasteiger partial charge on any atom is -0.497 e. The third-order valence-electron chi connectivity index (χ3n) is 3.18. The zero-order valence-electron chi connectivity index (χ0n) is 13.1. The van der Waals surface area contributed by atoms with Crippen LogP contribution in [0.25, 0.3) is 0 Å². The number of hydrogen-bond donors (Lipinski definition) is 1.